The summed E-state index contributed by atoms with van der Waals surface area (Å²) in [7, 11) is -4.24. The molecule has 184 valence electrons. The molecule has 0 aliphatic rings. The van der Waals surface area contributed by atoms with Crippen LogP contribution in [0.4, 0.5) is 11.4 Å². The fraction of sp³-hybridized carbons (Fsp3) is 0.0357. The Hall–Kier alpha value is -4.94. The molecule has 2 amide bonds. The van der Waals surface area contributed by atoms with E-state index >= 15 is 0 Å². The zero-order chi connectivity index (χ0) is 26.4. The molecule has 8 nitrogen and oxygen atoms in total. The number of nitrogens with one attached hydrogen (secondary N) is 2. The molecule has 0 aromatic heterocycles. The van der Waals surface area contributed by atoms with Gasteiger partial charge in [0, 0.05) is 29.2 Å². The molecule has 2 N–H and O–H groups in total. The van der Waals surface area contributed by atoms with E-state index < -0.39 is 16.0 Å². The Balaban J connectivity index is 1.59. The van der Waals surface area contributed by atoms with Gasteiger partial charge in [0.05, 0.1) is 0 Å². The van der Waals surface area contributed by atoms with Gasteiger partial charge in [-0.15, -0.1) is 0 Å². The highest BCUT2D eigenvalue weighted by Gasteiger charge is 2.19. The number of hydrogen-bond donors (Lipinski definition) is 2. The molecular formula is C28H21N3O5S. The van der Waals surface area contributed by atoms with Gasteiger partial charge in [0.2, 0.25) is 5.91 Å². The second kappa shape index (κ2) is 10.8. The summed E-state index contributed by atoms with van der Waals surface area (Å²) in [6.45, 7) is 1.34. The quantitative estimate of drug-likeness (QED) is 0.202. The third kappa shape index (κ3) is 6.01. The fourth-order valence-corrected chi connectivity index (χ4v) is 4.53. The highest BCUT2D eigenvalue weighted by Crippen LogP contribution is 2.27. The molecule has 0 radical (unpaired) electrons. The summed E-state index contributed by atoms with van der Waals surface area (Å²) in [6.07, 6.45) is 1.27. The predicted octanol–water partition coefficient (Wildman–Crippen LogP) is 5.11. The van der Waals surface area contributed by atoms with E-state index in [1.165, 1.54) is 49.4 Å². The molecular weight excluding hydrogens is 490 g/mol. The van der Waals surface area contributed by atoms with E-state index in [1.54, 1.807) is 24.3 Å². The van der Waals surface area contributed by atoms with Gasteiger partial charge in [-0.3, -0.25) is 9.59 Å². The van der Waals surface area contributed by atoms with Crippen molar-refractivity contribution < 1.29 is 22.2 Å². The van der Waals surface area contributed by atoms with Gasteiger partial charge in [-0.1, -0.05) is 54.6 Å². The second-order valence-corrected chi connectivity index (χ2v) is 9.48. The van der Waals surface area contributed by atoms with Gasteiger partial charge in [0.1, 0.15) is 22.3 Å². The average molecular weight is 512 g/mol. The van der Waals surface area contributed by atoms with Crippen LogP contribution in [0.25, 0.3) is 16.8 Å². The van der Waals surface area contributed by atoms with Crippen LogP contribution in [0.2, 0.25) is 0 Å². The van der Waals surface area contributed by atoms with E-state index in [0.717, 1.165) is 10.8 Å². The number of anilines is 2. The van der Waals surface area contributed by atoms with Gasteiger partial charge >= 0.3 is 10.1 Å². The first-order valence-corrected chi connectivity index (χ1v) is 12.5. The Morgan fingerprint density at radius 2 is 1.54 bits per heavy atom. The van der Waals surface area contributed by atoms with Crippen LogP contribution in [0.15, 0.2) is 101 Å². The highest BCUT2D eigenvalue weighted by atomic mass is 32.2. The van der Waals surface area contributed by atoms with Crippen LogP contribution in [-0.2, 0) is 19.7 Å². The van der Waals surface area contributed by atoms with Crippen LogP contribution >= 0.6 is 0 Å². The minimum absolute atomic E-state index is 0.0563. The molecule has 0 unspecified atom stereocenters. The lowest BCUT2D eigenvalue weighted by Gasteiger charge is -2.11. The smallest absolute Gasteiger partial charge is 0.339 e. The Morgan fingerprint density at radius 3 is 2.27 bits per heavy atom. The Labute approximate surface area is 213 Å². The number of fused-ring (bicyclic) bond motifs is 1. The maximum absolute atomic E-state index is 12.9. The molecule has 4 rings (SSSR count). The van der Waals surface area contributed by atoms with E-state index in [9.17, 15) is 23.3 Å². The number of nitrogens with zero attached hydrogens (tertiary/aromatic N) is 1. The van der Waals surface area contributed by atoms with E-state index in [2.05, 4.69) is 10.6 Å². The van der Waals surface area contributed by atoms with Gasteiger partial charge < -0.3 is 14.8 Å². The largest absolute Gasteiger partial charge is 0.378 e. The SMILES string of the molecule is CC(=O)Nc1ccc(S(=O)(=O)Oc2ccccc2/C=C(\C#N)C(=O)Nc2cccc3ccccc23)cc1. The molecule has 0 atom stereocenters. The van der Waals surface area contributed by atoms with Crippen molar-refractivity contribution in [1.29, 1.82) is 5.26 Å². The highest BCUT2D eigenvalue weighted by molar-refractivity contribution is 7.87. The van der Waals surface area contributed by atoms with Crippen molar-refractivity contribution in [3.05, 3.63) is 102 Å². The summed E-state index contributed by atoms with van der Waals surface area (Å²) in [5.41, 5.74) is 0.969. The van der Waals surface area contributed by atoms with Crippen molar-refractivity contribution >= 4 is 50.2 Å². The van der Waals surface area contributed by atoms with E-state index in [0.29, 0.717) is 11.4 Å². The maximum Gasteiger partial charge on any atom is 0.339 e. The molecule has 4 aromatic carbocycles. The van der Waals surface area contributed by atoms with Crippen molar-refractivity contribution in [1.82, 2.24) is 0 Å². The summed E-state index contributed by atoms with van der Waals surface area (Å²) in [5, 5.41) is 16.7. The van der Waals surface area contributed by atoms with E-state index in [1.807, 2.05) is 36.4 Å². The molecule has 0 fully saturated rings. The first-order chi connectivity index (χ1) is 17.8. The summed E-state index contributed by atoms with van der Waals surface area (Å²) >= 11 is 0. The number of benzene rings is 4. The number of para-hydroxylation sites is 1. The van der Waals surface area contributed by atoms with Crippen molar-refractivity contribution in [3.8, 4) is 11.8 Å². The van der Waals surface area contributed by atoms with E-state index in [4.69, 9.17) is 4.18 Å². The summed E-state index contributed by atoms with van der Waals surface area (Å²) in [4.78, 5) is 24.0. The molecule has 0 aliphatic carbocycles. The minimum Gasteiger partial charge on any atom is -0.378 e. The summed E-state index contributed by atoms with van der Waals surface area (Å²) in [6, 6.07) is 26.5. The van der Waals surface area contributed by atoms with Crippen LogP contribution in [0, 0.1) is 11.3 Å². The van der Waals surface area contributed by atoms with Crippen molar-refractivity contribution in [2.75, 3.05) is 10.6 Å². The van der Waals surface area contributed by atoms with Crippen LogP contribution in [0.5, 0.6) is 5.75 Å². The van der Waals surface area contributed by atoms with Crippen LogP contribution < -0.4 is 14.8 Å². The normalized spacial score (nSPS) is 11.4. The molecule has 0 saturated carbocycles. The Morgan fingerprint density at radius 1 is 0.865 bits per heavy atom. The zero-order valence-electron chi connectivity index (χ0n) is 19.6. The summed E-state index contributed by atoms with van der Waals surface area (Å²) < 4.78 is 31.1. The molecule has 0 aliphatic heterocycles. The monoisotopic (exact) mass is 511 g/mol. The van der Waals surface area contributed by atoms with Crippen LogP contribution in [0.3, 0.4) is 0 Å². The zero-order valence-corrected chi connectivity index (χ0v) is 20.5. The molecule has 37 heavy (non-hydrogen) atoms. The first-order valence-electron chi connectivity index (χ1n) is 11.1. The van der Waals surface area contributed by atoms with Gasteiger partial charge in [-0.25, -0.2) is 0 Å². The number of carbonyl (C=O) groups excluding carboxylic acids is 2. The molecule has 4 aromatic rings. The fourth-order valence-electron chi connectivity index (χ4n) is 3.58. The maximum atomic E-state index is 12.9. The lowest BCUT2D eigenvalue weighted by molar-refractivity contribution is -0.114. The van der Waals surface area contributed by atoms with Crippen LogP contribution in [0.1, 0.15) is 12.5 Å². The van der Waals surface area contributed by atoms with Gasteiger partial charge in [-0.05, 0) is 47.9 Å². The Kier molecular flexibility index (Phi) is 7.32. The number of carbonyl (C=O) groups is 2. The van der Waals surface area contributed by atoms with Crippen LogP contribution in [-0.4, -0.2) is 20.2 Å². The third-order valence-electron chi connectivity index (χ3n) is 5.28. The third-order valence-corrected chi connectivity index (χ3v) is 6.53. The number of rotatable bonds is 7. The van der Waals surface area contributed by atoms with Gasteiger partial charge in [-0.2, -0.15) is 13.7 Å². The second-order valence-electron chi connectivity index (χ2n) is 7.93. The van der Waals surface area contributed by atoms with Crippen molar-refractivity contribution in [3.63, 3.8) is 0 Å². The van der Waals surface area contributed by atoms with Gasteiger partial charge in [0.15, 0.2) is 0 Å². The number of hydrogen-bond acceptors (Lipinski definition) is 6. The predicted molar refractivity (Wildman–Crippen MR) is 141 cm³/mol. The number of nitriles is 1. The van der Waals surface area contributed by atoms with Gasteiger partial charge in [0.25, 0.3) is 5.91 Å². The summed E-state index contributed by atoms with van der Waals surface area (Å²) in [5.74, 6) is -0.991. The lowest BCUT2D eigenvalue weighted by atomic mass is 10.1. The standard InChI is InChI=1S/C28H21N3O5S/c1-19(32)30-23-13-15-24(16-14-23)37(34,35)36-27-12-5-3-8-21(27)17-22(18-29)28(33)31-26-11-6-9-20-7-2-4-10-25(20)26/h2-17H,1H3,(H,30,32)(H,31,33)/b22-17+. The minimum atomic E-state index is -4.24. The number of amides is 2. The molecule has 9 heteroatoms. The van der Waals surface area contributed by atoms with Crippen molar-refractivity contribution in [2.45, 2.75) is 11.8 Å². The molecule has 0 bridgehead atoms. The molecule has 0 saturated heterocycles. The van der Waals surface area contributed by atoms with Crippen molar-refractivity contribution in [2.24, 2.45) is 0 Å². The first kappa shape index (κ1) is 25.2. The topological polar surface area (TPSA) is 125 Å². The molecule has 0 heterocycles. The average Bonchev–Trinajstić information content (AvgIpc) is 2.88. The molecule has 0 spiro atoms. The lowest BCUT2D eigenvalue weighted by Crippen LogP contribution is -2.14. The van der Waals surface area contributed by atoms with E-state index in [-0.39, 0.29) is 27.7 Å². The Bertz CT molecular complexity index is 1670.